The van der Waals surface area contributed by atoms with Crippen LogP contribution in [0.15, 0.2) is 36.4 Å². The summed E-state index contributed by atoms with van der Waals surface area (Å²) in [5.74, 6) is -1.66. The molecule has 3 aromatic rings. The van der Waals surface area contributed by atoms with Crippen molar-refractivity contribution in [3.63, 3.8) is 0 Å². The lowest BCUT2D eigenvalue weighted by atomic mass is 10.2. The van der Waals surface area contributed by atoms with E-state index in [1.807, 2.05) is 13.8 Å². The number of benzene rings is 2. The van der Waals surface area contributed by atoms with Crippen LogP contribution in [0.3, 0.4) is 0 Å². The Morgan fingerprint density at radius 1 is 1.11 bits per heavy atom. The van der Waals surface area contributed by atoms with E-state index in [1.54, 1.807) is 24.3 Å². The molecule has 0 unspecified atom stereocenters. The summed E-state index contributed by atoms with van der Waals surface area (Å²) in [5.41, 5.74) is 0.521. The molecule has 1 aromatic heterocycles. The molecule has 1 amide bonds. The first kappa shape index (κ1) is 20.6. The molecule has 0 atom stereocenters. The van der Waals surface area contributed by atoms with E-state index in [-0.39, 0.29) is 11.4 Å². The molecular formula is C20H20ClF2N3OS. The maximum Gasteiger partial charge on any atom is 0.260 e. The largest absolute Gasteiger partial charge is 0.302 e. The molecule has 0 fully saturated rings. The molecule has 3 rings (SSSR count). The Hall–Kier alpha value is -2.09. The summed E-state index contributed by atoms with van der Waals surface area (Å²) in [6.07, 6.45) is 0. The minimum atomic E-state index is -0.736. The smallest absolute Gasteiger partial charge is 0.260 e. The molecule has 0 spiro atoms. The van der Waals surface area contributed by atoms with E-state index < -0.39 is 11.6 Å². The van der Waals surface area contributed by atoms with Crippen molar-refractivity contribution in [1.82, 2.24) is 9.88 Å². The van der Waals surface area contributed by atoms with Crippen LogP contribution in [0, 0.1) is 11.6 Å². The fourth-order valence-corrected chi connectivity index (χ4v) is 4.03. The first-order chi connectivity index (χ1) is 13.4. The van der Waals surface area contributed by atoms with Gasteiger partial charge in [0.25, 0.3) is 5.91 Å². The molecule has 4 nitrogen and oxygen atoms in total. The fourth-order valence-electron chi connectivity index (χ4n) is 2.87. The van der Waals surface area contributed by atoms with Crippen LogP contribution in [-0.2, 0) is 0 Å². The average molecular weight is 424 g/mol. The Labute approximate surface area is 171 Å². The number of thiazole rings is 1. The number of likely N-dealkylation sites (N-methyl/N-ethyl adjacent to an activating group) is 1. The maximum absolute atomic E-state index is 14.1. The third kappa shape index (κ3) is 4.48. The number of carbonyl (C=O) groups excluding carboxylic acids is 1. The zero-order valence-corrected chi connectivity index (χ0v) is 17.2. The number of carbonyl (C=O) groups is 1. The summed E-state index contributed by atoms with van der Waals surface area (Å²) >= 11 is 7.02. The Balaban J connectivity index is 1.98. The van der Waals surface area contributed by atoms with Crippen LogP contribution in [0.1, 0.15) is 24.2 Å². The second-order valence-corrected chi connectivity index (χ2v) is 7.67. The van der Waals surface area contributed by atoms with Crippen LogP contribution in [0.25, 0.3) is 10.2 Å². The molecule has 0 saturated heterocycles. The van der Waals surface area contributed by atoms with Crippen molar-refractivity contribution in [2.45, 2.75) is 13.8 Å². The van der Waals surface area contributed by atoms with Crippen molar-refractivity contribution in [3.05, 3.63) is 58.6 Å². The number of halogens is 3. The van der Waals surface area contributed by atoms with Gasteiger partial charge in [0.2, 0.25) is 0 Å². The van der Waals surface area contributed by atoms with Gasteiger partial charge < -0.3 is 4.90 Å². The van der Waals surface area contributed by atoms with Gasteiger partial charge in [-0.2, -0.15) is 0 Å². The van der Waals surface area contributed by atoms with Crippen molar-refractivity contribution in [1.29, 1.82) is 0 Å². The molecule has 0 aliphatic carbocycles. The van der Waals surface area contributed by atoms with E-state index >= 15 is 0 Å². The molecule has 0 aliphatic rings. The highest BCUT2D eigenvalue weighted by Crippen LogP contribution is 2.32. The lowest BCUT2D eigenvalue weighted by Gasteiger charge is -2.24. The highest BCUT2D eigenvalue weighted by atomic mass is 35.5. The van der Waals surface area contributed by atoms with E-state index in [4.69, 9.17) is 11.6 Å². The SMILES string of the molecule is CCN(CC)CCN(C(=O)c1ccc(Cl)cc1)c1nc2c(F)cc(F)cc2s1. The number of fused-ring (bicyclic) bond motifs is 1. The van der Waals surface area contributed by atoms with E-state index in [0.717, 1.165) is 30.5 Å². The van der Waals surface area contributed by atoms with E-state index in [2.05, 4.69) is 9.88 Å². The molecule has 0 radical (unpaired) electrons. The molecule has 2 aromatic carbocycles. The van der Waals surface area contributed by atoms with Crippen molar-refractivity contribution < 1.29 is 13.6 Å². The number of rotatable bonds is 7. The van der Waals surface area contributed by atoms with E-state index in [0.29, 0.717) is 33.5 Å². The van der Waals surface area contributed by atoms with Gasteiger partial charge in [0.15, 0.2) is 10.9 Å². The van der Waals surface area contributed by atoms with E-state index in [1.165, 1.54) is 11.0 Å². The molecule has 0 saturated carbocycles. The number of anilines is 1. The molecule has 0 N–H and O–H groups in total. The standard InChI is InChI=1S/C20H20ClF2N3OS/c1-3-25(4-2)9-10-26(19(27)13-5-7-14(21)8-6-13)20-24-18-16(23)11-15(22)12-17(18)28-20/h5-8,11-12H,3-4,9-10H2,1-2H3. The van der Waals surface area contributed by atoms with Crippen LogP contribution >= 0.6 is 22.9 Å². The fraction of sp³-hybridized carbons (Fsp3) is 0.300. The molecule has 28 heavy (non-hydrogen) atoms. The van der Waals surface area contributed by atoms with Crippen LogP contribution in [0.4, 0.5) is 13.9 Å². The minimum Gasteiger partial charge on any atom is -0.302 e. The zero-order valence-electron chi connectivity index (χ0n) is 15.6. The Kier molecular flexibility index (Phi) is 6.59. The third-order valence-electron chi connectivity index (χ3n) is 4.50. The predicted octanol–water partition coefficient (Wildman–Crippen LogP) is 5.22. The first-order valence-corrected chi connectivity index (χ1v) is 10.2. The lowest BCUT2D eigenvalue weighted by Crippen LogP contribution is -2.38. The topological polar surface area (TPSA) is 36.4 Å². The summed E-state index contributed by atoms with van der Waals surface area (Å²) in [6.45, 7) is 6.81. The van der Waals surface area contributed by atoms with Gasteiger partial charge in [-0.15, -0.1) is 0 Å². The zero-order chi connectivity index (χ0) is 20.3. The monoisotopic (exact) mass is 423 g/mol. The Bertz CT molecular complexity index is 973. The van der Waals surface area contributed by atoms with Gasteiger partial charge in [0.1, 0.15) is 11.3 Å². The van der Waals surface area contributed by atoms with Gasteiger partial charge in [-0.3, -0.25) is 9.69 Å². The normalized spacial score (nSPS) is 11.4. The molecule has 148 valence electrons. The number of hydrogen-bond donors (Lipinski definition) is 0. The van der Waals surface area contributed by atoms with Crippen molar-refractivity contribution in [2.75, 3.05) is 31.1 Å². The van der Waals surface area contributed by atoms with Gasteiger partial charge in [0.05, 0.1) is 4.70 Å². The number of nitrogens with zero attached hydrogens (tertiary/aromatic N) is 3. The minimum absolute atomic E-state index is 0.0677. The summed E-state index contributed by atoms with van der Waals surface area (Å²) in [5, 5.41) is 0.871. The Morgan fingerprint density at radius 2 is 1.79 bits per heavy atom. The van der Waals surface area contributed by atoms with Crippen molar-refractivity contribution >= 4 is 44.2 Å². The molecule has 8 heteroatoms. The van der Waals surface area contributed by atoms with Crippen LogP contribution in [0.2, 0.25) is 5.02 Å². The maximum atomic E-state index is 14.1. The van der Waals surface area contributed by atoms with E-state index in [9.17, 15) is 13.6 Å². The summed E-state index contributed by atoms with van der Waals surface area (Å²) < 4.78 is 28.0. The highest BCUT2D eigenvalue weighted by molar-refractivity contribution is 7.22. The van der Waals surface area contributed by atoms with Crippen molar-refractivity contribution in [2.24, 2.45) is 0 Å². The van der Waals surface area contributed by atoms with Gasteiger partial charge in [-0.1, -0.05) is 36.8 Å². The number of aromatic nitrogens is 1. The molecule has 0 bridgehead atoms. The molecule has 0 aliphatic heterocycles. The van der Waals surface area contributed by atoms with Crippen LogP contribution < -0.4 is 4.90 Å². The summed E-state index contributed by atoms with van der Waals surface area (Å²) in [4.78, 5) is 21.1. The average Bonchev–Trinajstić information content (AvgIpc) is 3.09. The lowest BCUT2D eigenvalue weighted by molar-refractivity contribution is 0.0984. The van der Waals surface area contributed by atoms with Gasteiger partial charge in [0, 0.05) is 29.7 Å². The second kappa shape index (κ2) is 8.94. The Morgan fingerprint density at radius 3 is 2.43 bits per heavy atom. The van der Waals surface area contributed by atoms with Crippen LogP contribution in [-0.4, -0.2) is 42.0 Å². The summed E-state index contributed by atoms with van der Waals surface area (Å²) in [7, 11) is 0. The third-order valence-corrected chi connectivity index (χ3v) is 5.78. The van der Waals surface area contributed by atoms with Crippen molar-refractivity contribution in [3.8, 4) is 0 Å². The first-order valence-electron chi connectivity index (χ1n) is 8.98. The second-order valence-electron chi connectivity index (χ2n) is 6.22. The van der Waals surface area contributed by atoms with Gasteiger partial charge in [-0.25, -0.2) is 13.8 Å². The predicted molar refractivity (Wildman–Crippen MR) is 110 cm³/mol. The summed E-state index contributed by atoms with van der Waals surface area (Å²) in [6, 6.07) is 8.60. The van der Waals surface area contributed by atoms with Gasteiger partial charge >= 0.3 is 0 Å². The molecular weight excluding hydrogens is 404 g/mol. The number of hydrogen-bond acceptors (Lipinski definition) is 4. The quantitative estimate of drug-likeness (QED) is 0.523. The molecule has 1 heterocycles. The van der Waals surface area contributed by atoms with Crippen LogP contribution in [0.5, 0.6) is 0 Å². The number of amides is 1. The highest BCUT2D eigenvalue weighted by Gasteiger charge is 2.23. The van der Waals surface area contributed by atoms with Gasteiger partial charge in [-0.05, 0) is 43.4 Å².